The molecule has 0 radical (unpaired) electrons. The molecule has 0 saturated carbocycles. The number of hydrogen-bond acceptors (Lipinski definition) is 2. The standard InChI is InChI=1S/C16H16Cl2N2O/c1-20(2)16(21)14-9-13(7-8-15(14)18)19-10-11-3-5-12(17)6-4-11/h3-9,19H,10H2,1-2H3. The minimum absolute atomic E-state index is 0.116. The van der Waals surface area contributed by atoms with Crippen LogP contribution in [0.3, 0.4) is 0 Å². The Balaban J connectivity index is 2.12. The van der Waals surface area contributed by atoms with Crippen molar-refractivity contribution in [1.82, 2.24) is 4.90 Å². The van der Waals surface area contributed by atoms with Gasteiger partial charge in [-0.15, -0.1) is 0 Å². The quantitative estimate of drug-likeness (QED) is 0.909. The zero-order valence-corrected chi connectivity index (χ0v) is 13.4. The van der Waals surface area contributed by atoms with Gasteiger partial charge in [0, 0.05) is 31.4 Å². The molecule has 0 saturated heterocycles. The van der Waals surface area contributed by atoms with Gasteiger partial charge in [0.15, 0.2) is 0 Å². The number of halogens is 2. The average molecular weight is 323 g/mol. The monoisotopic (exact) mass is 322 g/mol. The van der Waals surface area contributed by atoms with Crippen molar-refractivity contribution in [2.45, 2.75) is 6.54 Å². The van der Waals surface area contributed by atoms with Gasteiger partial charge in [0.2, 0.25) is 0 Å². The molecular formula is C16H16Cl2N2O. The fraction of sp³-hybridized carbons (Fsp3) is 0.188. The maximum atomic E-state index is 12.0. The van der Waals surface area contributed by atoms with Crippen molar-refractivity contribution in [3.05, 3.63) is 63.6 Å². The first kappa shape index (κ1) is 15.7. The van der Waals surface area contributed by atoms with Crippen molar-refractivity contribution in [3.63, 3.8) is 0 Å². The third-order valence-corrected chi connectivity index (χ3v) is 3.59. The van der Waals surface area contributed by atoms with Crippen LogP contribution < -0.4 is 5.32 Å². The van der Waals surface area contributed by atoms with Crippen molar-refractivity contribution >= 4 is 34.8 Å². The third kappa shape index (κ3) is 4.13. The van der Waals surface area contributed by atoms with Gasteiger partial charge in [-0.25, -0.2) is 0 Å². The summed E-state index contributed by atoms with van der Waals surface area (Å²) in [6, 6.07) is 12.9. The lowest BCUT2D eigenvalue weighted by Gasteiger charge is -2.13. The van der Waals surface area contributed by atoms with E-state index >= 15 is 0 Å². The van der Waals surface area contributed by atoms with Gasteiger partial charge in [0.05, 0.1) is 10.6 Å². The first-order valence-corrected chi connectivity index (χ1v) is 7.22. The van der Waals surface area contributed by atoms with Crippen LogP contribution in [0, 0.1) is 0 Å². The van der Waals surface area contributed by atoms with E-state index < -0.39 is 0 Å². The molecule has 0 aliphatic heterocycles. The number of amides is 1. The molecule has 0 unspecified atom stereocenters. The van der Waals surface area contributed by atoms with Gasteiger partial charge >= 0.3 is 0 Å². The van der Waals surface area contributed by atoms with Gasteiger partial charge in [-0.1, -0.05) is 35.3 Å². The molecule has 5 heteroatoms. The molecule has 2 aromatic carbocycles. The van der Waals surface area contributed by atoms with E-state index in [-0.39, 0.29) is 5.91 Å². The molecule has 110 valence electrons. The van der Waals surface area contributed by atoms with Crippen LogP contribution in [0.1, 0.15) is 15.9 Å². The number of hydrogen-bond donors (Lipinski definition) is 1. The third-order valence-electron chi connectivity index (χ3n) is 3.01. The molecule has 2 rings (SSSR count). The Morgan fingerprint density at radius 1 is 1.10 bits per heavy atom. The van der Waals surface area contributed by atoms with Crippen LogP contribution in [-0.2, 0) is 6.54 Å². The van der Waals surface area contributed by atoms with E-state index in [0.717, 1.165) is 11.3 Å². The summed E-state index contributed by atoms with van der Waals surface area (Å²) in [7, 11) is 3.40. The Hall–Kier alpha value is -1.71. The van der Waals surface area contributed by atoms with Gasteiger partial charge in [0.25, 0.3) is 5.91 Å². The van der Waals surface area contributed by atoms with Gasteiger partial charge in [-0.05, 0) is 35.9 Å². The van der Waals surface area contributed by atoms with Crippen LogP contribution in [0.15, 0.2) is 42.5 Å². The van der Waals surface area contributed by atoms with Crippen molar-refractivity contribution in [3.8, 4) is 0 Å². The molecule has 0 aromatic heterocycles. The summed E-state index contributed by atoms with van der Waals surface area (Å²) in [6.07, 6.45) is 0. The highest BCUT2D eigenvalue weighted by atomic mass is 35.5. The highest BCUT2D eigenvalue weighted by Gasteiger charge is 2.12. The lowest BCUT2D eigenvalue weighted by molar-refractivity contribution is 0.0828. The van der Waals surface area contributed by atoms with Gasteiger partial charge < -0.3 is 10.2 Å². The summed E-state index contributed by atoms with van der Waals surface area (Å²) in [4.78, 5) is 13.5. The molecule has 0 aliphatic carbocycles. The van der Waals surface area contributed by atoms with Crippen molar-refractivity contribution in [2.24, 2.45) is 0 Å². The summed E-state index contributed by atoms with van der Waals surface area (Å²) in [5.41, 5.74) is 2.44. The molecule has 0 atom stereocenters. The first-order chi connectivity index (χ1) is 9.97. The van der Waals surface area contributed by atoms with E-state index in [2.05, 4.69) is 5.32 Å². The fourth-order valence-electron chi connectivity index (χ4n) is 1.85. The zero-order valence-electron chi connectivity index (χ0n) is 11.9. The van der Waals surface area contributed by atoms with Gasteiger partial charge in [-0.2, -0.15) is 0 Å². The Morgan fingerprint density at radius 3 is 2.38 bits per heavy atom. The lowest BCUT2D eigenvalue weighted by atomic mass is 10.1. The normalized spacial score (nSPS) is 10.3. The maximum Gasteiger partial charge on any atom is 0.254 e. The summed E-state index contributed by atoms with van der Waals surface area (Å²) in [5.74, 6) is -0.116. The number of nitrogens with one attached hydrogen (secondary N) is 1. The Morgan fingerprint density at radius 2 is 1.76 bits per heavy atom. The maximum absolute atomic E-state index is 12.0. The molecule has 3 nitrogen and oxygen atoms in total. The van der Waals surface area contributed by atoms with Gasteiger partial charge in [-0.3, -0.25) is 4.79 Å². The fourth-order valence-corrected chi connectivity index (χ4v) is 2.17. The van der Waals surface area contributed by atoms with E-state index in [1.807, 2.05) is 30.3 Å². The Labute approximate surface area is 134 Å². The van der Waals surface area contributed by atoms with E-state index in [9.17, 15) is 4.79 Å². The molecule has 0 fully saturated rings. The molecule has 0 bridgehead atoms. The van der Waals surface area contributed by atoms with E-state index in [0.29, 0.717) is 22.2 Å². The predicted molar refractivity (Wildman–Crippen MR) is 88.2 cm³/mol. The average Bonchev–Trinajstić information content (AvgIpc) is 2.47. The number of rotatable bonds is 4. The van der Waals surface area contributed by atoms with Crippen LogP contribution >= 0.6 is 23.2 Å². The second-order valence-corrected chi connectivity index (χ2v) is 5.72. The minimum Gasteiger partial charge on any atom is -0.381 e. The molecular weight excluding hydrogens is 307 g/mol. The number of nitrogens with zero attached hydrogens (tertiary/aromatic N) is 1. The second kappa shape index (κ2) is 6.83. The Kier molecular flexibility index (Phi) is 5.10. The summed E-state index contributed by atoms with van der Waals surface area (Å²) < 4.78 is 0. The second-order valence-electron chi connectivity index (χ2n) is 4.87. The highest BCUT2D eigenvalue weighted by Crippen LogP contribution is 2.22. The molecule has 2 aromatic rings. The first-order valence-electron chi connectivity index (χ1n) is 6.47. The lowest BCUT2D eigenvalue weighted by Crippen LogP contribution is -2.22. The van der Waals surface area contributed by atoms with Gasteiger partial charge in [0.1, 0.15) is 0 Å². The SMILES string of the molecule is CN(C)C(=O)c1cc(NCc2ccc(Cl)cc2)ccc1Cl. The molecule has 1 N–H and O–H groups in total. The van der Waals surface area contributed by atoms with E-state index in [1.165, 1.54) is 4.90 Å². The number of carbonyl (C=O) groups excluding carboxylic acids is 1. The highest BCUT2D eigenvalue weighted by molar-refractivity contribution is 6.34. The Bertz CT molecular complexity index is 639. The molecule has 0 aliphatic rings. The molecule has 1 amide bonds. The van der Waals surface area contributed by atoms with E-state index in [1.54, 1.807) is 26.2 Å². The predicted octanol–water partition coefficient (Wildman–Crippen LogP) is 4.31. The number of carbonyl (C=O) groups is 1. The van der Waals surface area contributed by atoms with Crippen molar-refractivity contribution in [1.29, 1.82) is 0 Å². The smallest absolute Gasteiger partial charge is 0.254 e. The van der Waals surface area contributed by atoms with E-state index in [4.69, 9.17) is 23.2 Å². The molecule has 0 spiro atoms. The van der Waals surface area contributed by atoms with Crippen molar-refractivity contribution in [2.75, 3.05) is 19.4 Å². The zero-order chi connectivity index (χ0) is 15.4. The van der Waals surface area contributed by atoms with Crippen LogP contribution in [0.2, 0.25) is 10.0 Å². The van der Waals surface area contributed by atoms with Crippen LogP contribution in [0.4, 0.5) is 5.69 Å². The van der Waals surface area contributed by atoms with Crippen LogP contribution in [0.25, 0.3) is 0 Å². The minimum atomic E-state index is -0.116. The topological polar surface area (TPSA) is 32.3 Å². The molecule has 21 heavy (non-hydrogen) atoms. The summed E-state index contributed by atoms with van der Waals surface area (Å²) in [5, 5.41) is 4.43. The van der Waals surface area contributed by atoms with Crippen LogP contribution in [-0.4, -0.2) is 24.9 Å². The largest absolute Gasteiger partial charge is 0.381 e. The summed E-state index contributed by atoms with van der Waals surface area (Å²) in [6.45, 7) is 0.647. The molecule has 0 heterocycles. The number of anilines is 1. The summed E-state index contributed by atoms with van der Waals surface area (Å²) >= 11 is 11.9. The van der Waals surface area contributed by atoms with Crippen LogP contribution in [0.5, 0.6) is 0 Å². The number of benzene rings is 2. The van der Waals surface area contributed by atoms with Crippen molar-refractivity contribution < 1.29 is 4.79 Å².